The highest BCUT2D eigenvalue weighted by molar-refractivity contribution is 7.90. The van der Waals surface area contributed by atoms with Crippen LogP contribution in [0.5, 0.6) is 0 Å². The second-order valence-corrected chi connectivity index (χ2v) is 12.8. The third-order valence-corrected chi connectivity index (χ3v) is 10.6. The number of piperazine rings is 1. The Labute approximate surface area is 218 Å². The zero-order valence-electron chi connectivity index (χ0n) is 23.0. The molecule has 3 aliphatic rings. The van der Waals surface area contributed by atoms with E-state index in [-0.39, 0.29) is 37.6 Å². The van der Waals surface area contributed by atoms with Crippen molar-refractivity contribution in [3.05, 3.63) is 23.5 Å². The van der Waals surface area contributed by atoms with Gasteiger partial charge in [0.25, 0.3) is 0 Å². The summed E-state index contributed by atoms with van der Waals surface area (Å²) in [6.45, 7) is 8.60. The molecule has 0 aromatic heterocycles. The van der Waals surface area contributed by atoms with E-state index < -0.39 is 15.3 Å². The largest absolute Gasteiger partial charge is 0.497 e. The summed E-state index contributed by atoms with van der Waals surface area (Å²) in [7, 11) is 3.64. The second kappa shape index (κ2) is 12.9. The van der Waals surface area contributed by atoms with Gasteiger partial charge in [0.05, 0.1) is 13.7 Å². The van der Waals surface area contributed by atoms with Crippen molar-refractivity contribution in [2.24, 2.45) is 5.92 Å². The summed E-state index contributed by atoms with van der Waals surface area (Å²) in [6.07, 6.45) is 7.91. The maximum absolute atomic E-state index is 13.2. The van der Waals surface area contributed by atoms with E-state index in [1.165, 1.54) is 4.31 Å². The van der Waals surface area contributed by atoms with Gasteiger partial charge in [-0.3, -0.25) is 9.69 Å². The fraction of sp³-hybridized carbons (Fsp3) is 0.808. The van der Waals surface area contributed by atoms with Crippen molar-refractivity contribution >= 4 is 15.9 Å². The van der Waals surface area contributed by atoms with Crippen molar-refractivity contribution in [3.63, 3.8) is 0 Å². The molecule has 1 aliphatic heterocycles. The summed E-state index contributed by atoms with van der Waals surface area (Å²) in [6, 6.07) is 0.884. The molecule has 2 aliphatic carbocycles. The van der Waals surface area contributed by atoms with Crippen LogP contribution in [0.25, 0.3) is 0 Å². The Balaban J connectivity index is 1.39. The molecule has 0 aromatic rings. The Morgan fingerprint density at radius 1 is 1.11 bits per heavy atom. The summed E-state index contributed by atoms with van der Waals surface area (Å²) in [4.78, 5) is 19.5. The van der Waals surface area contributed by atoms with E-state index in [1.807, 2.05) is 31.9 Å². The number of carbonyl (C=O) groups excluding carboxylic acids is 1. The van der Waals surface area contributed by atoms with E-state index in [0.717, 1.165) is 57.4 Å². The summed E-state index contributed by atoms with van der Waals surface area (Å²) in [5.41, 5.74) is 0.758. The molecule has 0 bridgehead atoms. The molecular weight excluding hydrogens is 480 g/mol. The van der Waals surface area contributed by atoms with E-state index >= 15 is 0 Å². The lowest BCUT2D eigenvalue weighted by Gasteiger charge is -2.42. The maximum atomic E-state index is 13.2. The third-order valence-electron chi connectivity index (χ3n) is 8.15. The highest BCUT2D eigenvalue weighted by Crippen LogP contribution is 2.30. The molecule has 2 unspecified atom stereocenters. The molecule has 3 rings (SSSR count). The number of nitrogens with zero attached hydrogens (tertiary/aromatic N) is 4. The summed E-state index contributed by atoms with van der Waals surface area (Å²) in [5.74, 6) is 0.452. The van der Waals surface area contributed by atoms with E-state index in [2.05, 4.69) is 16.8 Å². The summed E-state index contributed by atoms with van der Waals surface area (Å²) < 4.78 is 38.6. The average molecular weight is 527 g/mol. The molecule has 9 nitrogen and oxygen atoms in total. The molecule has 0 spiro atoms. The standard InChI is InChI=1S/C26H46N4O5S/c1-20-17-24(34-6)18-21(2)26(20)36(32,33)28(4)15-16-35-19-25(31)29(5)22-7-9-23(10-8-22)30-13-11-27(3)12-14-30/h17-18,20,22-23,26H,7-16,19H2,1-6H3. The number of amides is 1. The molecular formula is C26H46N4O5S. The molecule has 0 N–H and O–H groups in total. The Hall–Kier alpha value is -1.46. The topological polar surface area (TPSA) is 82.6 Å². The second-order valence-electron chi connectivity index (χ2n) is 10.7. The molecule has 206 valence electrons. The first-order chi connectivity index (χ1) is 17.0. The van der Waals surface area contributed by atoms with Crippen LogP contribution in [-0.2, 0) is 24.3 Å². The van der Waals surface area contributed by atoms with E-state index in [1.54, 1.807) is 20.2 Å². The SMILES string of the molecule is COC1=CC(C)C(S(=O)(=O)N(C)CCOCC(=O)N(C)C2CCC(N3CCN(C)CC3)CC2)C(C)=C1. The number of carbonyl (C=O) groups is 1. The van der Waals surface area contributed by atoms with Gasteiger partial charge in [-0.2, -0.15) is 0 Å². The number of methoxy groups -OCH3 is 1. The number of sulfonamides is 1. The van der Waals surface area contributed by atoms with Gasteiger partial charge < -0.3 is 19.3 Å². The van der Waals surface area contributed by atoms with E-state index in [9.17, 15) is 13.2 Å². The predicted octanol–water partition coefficient (Wildman–Crippen LogP) is 1.78. The lowest BCUT2D eigenvalue weighted by molar-refractivity contribution is -0.137. The molecule has 0 radical (unpaired) electrons. The number of allylic oxidation sites excluding steroid dienone is 2. The summed E-state index contributed by atoms with van der Waals surface area (Å²) >= 11 is 0. The lowest BCUT2D eigenvalue weighted by Crippen LogP contribution is -2.51. The van der Waals surface area contributed by atoms with Gasteiger partial charge >= 0.3 is 0 Å². The van der Waals surface area contributed by atoms with Crippen molar-refractivity contribution in [3.8, 4) is 0 Å². The van der Waals surface area contributed by atoms with Crippen LogP contribution >= 0.6 is 0 Å². The number of hydrogen-bond donors (Lipinski definition) is 0. The fourth-order valence-corrected chi connectivity index (χ4v) is 7.60. The van der Waals surface area contributed by atoms with Gasteiger partial charge in [0.15, 0.2) is 0 Å². The van der Waals surface area contributed by atoms with Crippen LogP contribution in [0.15, 0.2) is 23.5 Å². The zero-order chi connectivity index (χ0) is 26.5. The molecule has 1 heterocycles. The van der Waals surface area contributed by atoms with Gasteiger partial charge in [-0.05, 0) is 63.3 Å². The molecule has 1 saturated carbocycles. The average Bonchev–Trinajstić information content (AvgIpc) is 2.85. The van der Waals surface area contributed by atoms with Crippen LogP contribution in [-0.4, -0.2) is 125 Å². The Kier molecular flexibility index (Phi) is 10.4. The van der Waals surface area contributed by atoms with Crippen LogP contribution in [0.4, 0.5) is 0 Å². The van der Waals surface area contributed by atoms with Crippen molar-refractivity contribution in [1.82, 2.24) is 19.0 Å². The lowest BCUT2D eigenvalue weighted by atomic mass is 9.89. The first kappa shape index (κ1) is 29.1. The van der Waals surface area contributed by atoms with Crippen molar-refractivity contribution in [2.75, 3.05) is 74.2 Å². The molecule has 0 aromatic carbocycles. The Morgan fingerprint density at radius 2 is 1.75 bits per heavy atom. The van der Waals surface area contributed by atoms with Crippen LogP contribution in [0.1, 0.15) is 39.5 Å². The van der Waals surface area contributed by atoms with Crippen molar-refractivity contribution in [1.29, 1.82) is 0 Å². The van der Waals surface area contributed by atoms with Crippen molar-refractivity contribution < 1.29 is 22.7 Å². The number of rotatable bonds is 10. The van der Waals surface area contributed by atoms with Gasteiger partial charge in [0.1, 0.15) is 17.6 Å². The minimum atomic E-state index is -3.56. The normalized spacial score (nSPS) is 28.5. The van der Waals surface area contributed by atoms with Gasteiger partial charge in [-0.25, -0.2) is 12.7 Å². The minimum absolute atomic E-state index is 0.0263. The number of ether oxygens (including phenoxy) is 2. The highest BCUT2D eigenvalue weighted by Gasteiger charge is 2.37. The first-order valence-electron chi connectivity index (χ1n) is 13.2. The highest BCUT2D eigenvalue weighted by atomic mass is 32.2. The molecule has 10 heteroatoms. The fourth-order valence-electron chi connectivity index (χ4n) is 5.73. The quantitative estimate of drug-likeness (QED) is 0.401. The van der Waals surface area contributed by atoms with Gasteiger partial charge in [0.2, 0.25) is 15.9 Å². The first-order valence-corrected chi connectivity index (χ1v) is 14.7. The van der Waals surface area contributed by atoms with E-state index in [0.29, 0.717) is 11.8 Å². The van der Waals surface area contributed by atoms with Gasteiger partial charge in [-0.15, -0.1) is 0 Å². The van der Waals surface area contributed by atoms with Gasteiger partial charge in [-0.1, -0.05) is 6.92 Å². The number of hydrogen-bond acceptors (Lipinski definition) is 7. The van der Waals surface area contributed by atoms with E-state index in [4.69, 9.17) is 9.47 Å². The van der Waals surface area contributed by atoms with Crippen LogP contribution in [0.3, 0.4) is 0 Å². The van der Waals surface area contributed by atoms with Crippen LogP contribution in [0, 0.1) is 5.92 Å². The molecule has 1 amide bonds. The smallest absolute Gasteiger partial charge is 0.248 e. The Morgan fingerprint density at radius 3 is 2.33 bits per heavy atom. The van der Waals surface area contributed by atoms with Crippen LogP contribution in [0.2, 0.25) is 0 Å². The summed E-state index contributed by atoms with van der Waals surface area (Å²) in [5, 5.41) is -0.630. The predicted molar refractivity (Wildman–Crippen MR) is 142 cm³/mol. The Bertz CT molecular complexity index is 905. The zero-order valence-corrected chi connectivity index (χ0v) is 23.8. The van der Waals surface area contributed by atoms with Gasteiger partial charge in [0, 0.05) is 58.9 Å². The van der Waals surface area contributed by atoms with Crippen LogP contribution < -0.4 is 0 Å². The molecule has 2 fully saturated rings. The third kappa shape index (κ3) is 7.10. The van der Waals surface area contributed by atoms with Crippen molar-refractivity contribution in [2.45, 2.75) is 56.9 Å². The minimum Gasteiger partial charge on any atom is -0.497 e. The molecule has 1 saturated heterocycles. The monoisotopic (exact) mass is 526 g/mol. The molecule has 2 atom stereocenters. The number of likely N-dealkylation sites (N-methyl/N-ethyl adjacent to an activating group) is 3. The molecule has 36 heavy (non-hydrogen) atoms. The maximum Gasteiger partial charge on any atom is 0.248 e.